The Bertz CT molecular complexity index is 887. The molecule has 174 valence electrons. The first-order valence-corrected chi connectivity index (χ1v) is 11.2. The van der Waals surface area contributed by atoms with Crippen LogP contribution in [0.3, 0.4) is 0 Å². The summed E-state index contributed by atoms with van der Waals surface area (Å²) >= 11 is 0. The number of halogens is 2. The zero-order valence-electron chi connectivity index (χ0n) is 18.9. The Labute approximate surface area is 204 Å². The molecule has 3 aliphatic heterocycles. The zero-order chi connectivity index (χ0) is 20.7. The van der Waals surface area contributed by atoms with Crippen molar-refractivity contribution in [2.24, 2.45) is 11.8 Å². The predicted molar refractivity (Wildman–Crippen MR) is 135 cm³/mol. The number of fused-ring (bicyclic) bond motifs is 1. The van der Waals surface area contributed by atoms with Crippen molar-refractivity contribution >= 4 is 36.4 Å². The van der Waals surface area contributed by atoms with Gasteiger partial charge in [0, 0.05) is 69.0 Å². The summed E-state index contributed by atoms with van der Waals surface area (Å²) in [6, 6.07) is 19.5. The second-order valence-corrected chi connectivity index (χ2v) is 9.27. The van der Waals surface area contributed by atoms with Crippen LogP contribution in [0, 0.1) is 11.8 Å². The van der Waals surface area contributed by atoms with Gasteiger partial charge < -0.3 is 14.7 Å². The summed E-state index contributed by atoms with van der Waals surface area (Å²) in [6.07, 6.45) is 0. The smallest absolute Gasteiger partial charge is 0.253 e. The fourth-order valence-electron chi connectivity index (χ4n) is 5.64. The van der Waals surface area contributed by atoms with Crippen LogP contribution in [-0.2, 0) is 0 Å². The van der Waals surface area contributed by atoms with E-state index in [0.29, 0.717) is 17.9 Å². The molecule has 3 aliphatic rings. The highest BCUT2D eigenvalue weighted by Gasteiger charge is 2.47. The Morgan fingerprint density at radius 1 is 0.812 bits per heavy atom. The van der Waals surface area contributed by atoms with Gasteiger partial charge >= 0.3 is 0 Å². The van der Waals surface area contributed by atoms with Crippen LogP contribution >= 0.6 is 24.8 Å². The summed E-state index contributed by atoms with van der Waals surface area (Å²) in [5.74, 6) is 1.27. The molecule has 5 nitrogen and oxygen atoms in total. The minimum Gasteiger partial charge on any atom is -0.369 e. The number of likely N-dealkylation sites (tertiary alicyclic amines) is 2. The number of carbonyl (C=O) groups excluding carboxylic acids is 1. The lowest BCUT2D eigenvalue weighted by molar-refractivity contribution is 0.0768. The zero-order valence-corrected chi connectivity index (χ0v) is 20.5. The quantitative estimate of drug-likeness (QED) is 0.675. The van der Waals surface area contributed by atoms with Gasteiger partial charge in [-0.05, 0) is 49.8 Å². The van der Waals surface area contributed by atoms with E-state index >= 15 is 0 Å². The summed E-state index contributed by atoms with van der Waals surface area (Å²) < 4.78 is 0. The molecule has 3 heterocycles. The minimum atomic E-state index is 0. The molecular formula is C25H34Cl2N4O. The van der Waals surface area contributed by atoms with Crippen LogP contribution < -0.4 is 4.90 Å². The maximum Gasteiger partial charge on any atom is 0.253 e. The first-order chi connectivity index (χ1) is 14.6. The number of likely N-dealkylation sites (N-methyl/N-ethyl adjacent to an activating group) is 1. The molecule has 3 fully saturated rings. The monoisotopic (exact) mass is 476 g/mol. The van der Waals surface area contributed by atoms with Crippen molar-refractivity contribution in [3.63, 3.8) is 0 Å². The molecule has 3 saturated heterocycles. The van der Waals surface area contributed by atoms with Crippen molar-refractivity contribution in [2.75, 3.05) is 64.8 Å². The highest BCUT2D eigenvalue weighted by Crippen LogP contribution is 2.44. The van der Waals surface area contributed by atoms with Crippen molar-refractivity contribution < 1.29 is 4.79 Å². The van der Waals surface area contributed by atoms with E-state index in [1.165, 1.54) is 11.3 Å². The maximum absolute atomic E-state index is 13.2. The van der Waals surface area contributed by atoms with E-state index in [0.717, 1.165) is 51.4 Å². The second kappa shape index (κ2) is 10.4. The molecule has 0 unspecified atom stereocenters. The van der Waals surface area contributed by atoms with Gasteiger partial charge in [0.2, 0.25) is 0 Å². The molecule has 2 aromatic rings. The maximum atomic E-state index is 13.2. The third-order valence-corrected chi connectivity index (χ3v) is 7.31. The molecule has 0 N–H and O–H groups in total. The molecule has 5 rings (SSSR count). The van der Waals surface area contributed by atoms with Crippen molar-refractivity contribution in [2.45, 2.75) is 6.04 Å². The van der Waals surface area contributed by atoms with E-state index in [2.05, 4.69) is 76.2 Å². The Balaban J connectivity index is 0.00000144. The number of hydrogen-bond acceptors (Lipinski definition) is 4. The average molecular weight is 477 g/mol. The van der Waals surface area contributed by atoms with Gasteiger partial charge in [0.1, 0.15) is 0 Å². The molecule has 0 saturated carbocycles. The van der Waals surface area contributed by atoms with Gasteiger partial charge in [0.15, 0.2) is 0 Å². The van der Waals surface area contributed by atoms with Gasteiger partial charge in [-0.1, -0.05) is 30.3 Å². The van der Waals surface area contributed by atoms with Gasteiger partial charge in [0.05, 0.1) is 0 Å². The predicted octanol–water partition coefficient (Wildman–Crippen LogP) is 3.66. The normalized spacial score (nSPS) is 25.8. The molecule has 0 aliphatic carbocycles. The first kappa shape index (κ1) is 24.8. The van der Waals surface area contributed by atoms with E-state index in [1.807, 2.05) is 12.1 Å². The molecule has 3 atom stereocenters. The number of carbonyl (C=O) groups is 1. The second-order valence-electron chi connectivity index (χ2n) is 9.27. The van der Waals surface area contributed by atoms with E-state index in [9.17, 15) is 4.79 Å². The largest absolute Gasteiger partial charge is 0.369 e. The molecule has 32 heavy (non-hydrogen) atoms. The molecule has 0 radical (unpaired) electrons. The van der Waals surface area contributed by atoms with Crippen LogP contribution in [-0.4, -0.2) is 80.5 Å². The molecule has 0 bridgehead atoms. The molecule has 7 heteroatoms. The topological polar surface area (TPSA) is 30.0 Å². The Morgan fingerprint density at radius 3 is 2.12 bits per heavy atom. The third kappa shape index (κ3) is 4.76. The third-order valence-electron chi connectivity index (χ3n) is 7.31. The lowest BCUT2D eigenvalue weighted by Gasteiger charge is -2.34. The standard InChI is InChI=1S/C25H32N4O.2ClH/c1-26-12-14-28(15-13-26)22-10-8-20(9-11-22)25(30)29-17-21-16-27(2)24(23(21)18-29)19-6-4-3-5-7-19;;/h3-11,21,23-24H,12-18H2,1-2H3;2*1H/t21-,23+,24-;;/m0../s1. The molecular weight excluding hydrogens is 443 g/mol. The number of nitrogens with zero attached hydrogens (tertiary/aromatic N) is 4. The number of anilines is 1. The number of piperazine rings is 1. The Morgan fingerprint density at radius 2 is 1.47 bits per heavy atom. The average Bonchev–Trinajstić information content (AvgIpc) is 3.31. The highest BCUT2D eigenvalue weighted by atomic mass is 35.5. The number of amides is 1. The van der Waals surface area contributed by atoms with E-state index in [4.69, 9.17) is 0 Å². The minimum absolute atomic E-state index is 0. The van der Waals surface area contributed by atoms with Crippen LogP contribution in [0.5, 0.6) is 0 Å². The lowest BCUT2D eigenvalue weighted by atomic mass is 9.90. The van der Waals surface area contributed by atoms with Gasteiger partial charge in [-0.15, -0.1) is 24.8 Å². The fraction of sp³-hybridized carbons (Fsp3) is 0.480. The molecule has 0 aromatic heterocycles. The van der Waals surface area contributed by atoms with Crippen molar-refractivity contribution in [1.29, 1.82) is 0 Å². The van der Waals surface area contributed by atoms with E-state index in [-0.39, 0.29) is 30.7 Å². The lowest BCUT2D eigenvalue weighted by Crippen LogP contribution is -2.44. The first-order valence-electron chi connectivity index (χ1n) is 11.2. The fourth-order valence-corrected chi connectivity index (χ4v) is 5.64. The number of rotatable bonds is 3. The summed E-state index contributed by atoms with van der Waals surface area (Å²) in [7, 11) is 4.39. The van der Waals surface area contributed by atoms with Crippen LogP contribution in [0.15, 0.2) is 54.6 Å². The summed E-state index contributed by atoms with van der Waals surface area (Å²) in [5, 5.41) is 0. The van der Waals surface area contributed by atoms with E-state index < -0.39 is 0 Å². The van der Waals surface area contributed by atoms with Crippen LogP contribution in [0.4, 0.5) is 5.69 Å². The summed E-state index contributed by atoms with van der Waals surface area (Å²) in [4.78, 5) is 22.6. The van der Waals surface area contributed by atoms with Crippen molar-refractivity contribution in [1.82, 2.24) is 14.7 Å². The summed E-state index contributed by atoms with van der Waals surface area (Å²) in [6.45, 7) is 7.07. The molecule has 1 amide bonds. The SMILES string of the molecule is CN1CCN(c2ccc(C(=O)N3C[C@@H]4CN(C)[C@@H](c5ccccc5)[C@@H]4C3)cc2)CC1.Cl.Cl. The Kier molecular flexibility index (Phi) is 8.10. The van der Waals surface area contributed by atoms with Gasteiger partial charge in [0.25, 0.3) is 5.91 Å². The van der Waals surface area contributed by atoms with Crippen molar-refractivity contribution in [3.8, 4) is 0 Å². The molecule has 0 spiro atoms. The van der Waals surface area contributed by atoms with Gasteiger partial charge in [-0.3, -0.25) is 9.69 Å². The van der Waals surface area contributed by atoms with Gasteiger partial charge in [-0.2, -0.15) is 0 Å². The van der Waals surface area contributed by atoms with Gasteiger partial charge in [-0.25, -0.2) is 0 Å². The molecule has 2 aromatic carbocycles. The van der Waals surface area contributed by atoms with Crippen LogP contribution in [0.2, 0.25) is 0 Å². The van der Waals surface area contributed by atoms with Crippen LogP contribution in [0.25, 0.3) is 0 Å². The number of hydrogen-bond donors (Lipinski definition) is 0. The van der Waals surface area contributed by atoms with Crippen molar-refractivity contribution in [3.05, 3.63) is 65.7 Å². The van der Waals surface area contributed by atoms with Crippen LogP contribution in [0.1, 0.15) is 22.0 Å². The Hall–Kier alpha value is -1.79. The highest BCUT2D eigenvalue weighted by molar-refractivity contribution is 5.94. The number of benzene rings is 2. The van der Waals surface area contributed by atoms with E-state index in [1.54, 1.807) is 0 Å². The summed E-state index contributed by atoms with van der Waals surface area (Å²) in [5.41, 5.74) is 3.42.